The maximum atomic E-state index is 9.30. The molecule has 0 aromatic rings. The Bertz CT molecular complexity index is 92.9. The molecule has 0 bridgehead atoms. The molecule has 1 fully saturated rings. The minimum atomic E-state index is -0.106. The fourth-order valence-electron chi connectivity index (χ4n) is 1.39. The molecular weight excluding hydrogens is 114 g/mol. The molecule has 0 saturated carbocycles. The van der Waals surface area contributed by atoms with Crippen molar-refractivity contribution in [3.8, 4) is 0 Å². The van der Waals surface area contributed by atoms with Crippen LogP contribution in [-0.4, -0.2) is 23.8 Å². The highest BCUT2D eigenvalue weighted by Crippen LogP contribution is 2.13. The molecule has 2 nitrogen and oxygen atoms in total. The van der Waals surface area contributed by atoms with Gasteiger partial charge in [0.05, 0.1) is 6.10 Å². The number of aliphatic hydroxyl groups excluding tert-OH is 1. The van der Waals surface area contributed by atoms with Crippen molar-refractivity contribution >= 4 is 0 Å². The number of rotatable bonds is 1. The topological polar surface area (TPSA) is 32.3 Å². The minimum Gasteiger partial charge on any atom is -0.391 e. The zero-order chi connectivity index (χ0) is 6.85. The minimum absolute atomic E-state index is 0.106. The summed E-state index contributed by atoms with van der Waals surface area (Å²) in [7, 11) is 0. The predicted molar refractivity (Wildman–Crippen MR) is 37.3 cm³/mol. The van der Waals surface area contributed by atoms with Crippen molar-refractivity contribution in [3.05, 3.63) is 0 Å². The second-order valence-corrected chi connectivity index (χ2v) is 3.08. The summed E-state index contributed by atoms with van der Waals surface area (Å²) in [5.41, 5.74) is 0. The lowest BCUT2D eigenvalue weighted by atomic mass is 10.0. The first-order valence-electron chi connectivity index (χ1n) is 3.63. The van der Waals surface area contributed by atoms with Gasteiger partial charge in [0.25, 0.3) is 0 Å². The molecule has 1 aliphatic rings. The second kappa shape index (κ2) is 2.67. The van der Waals surface area contributed by atoms with Crippen molar-refractivity contribution in [2.45, 2.75) is 32.4 Å². The van der Waals surface area contributed by atoms with Gasteiger partial charge in [-0.1, -0.05) is 13.8 Å². The van der Waals surface area contributed by atoms with Crippen molar-refractivity contribution < 1.29 is 5.11 Å². The molecule has 2 N–H and O–H groups in total. The Morgan fingerprint density at radius 3 is 2.44 bits per heavy atom. The summed E-state index contributed by atoms with van der Waals surface area (Å²) in [6, 6.07) is 0.338. The molecule has 0 spiro atoms. The lowest BCUT2D eigenvalue weighted by molar-refractivity contribution is 0.139. The van der Waals surface area contributed by atoms with Crippen LogP contribution in [-0.2, 0) is 0 Å². The second-order valence-electron chi connectivity index (χ2n) is 3.08. The largest absolute Gasteiger partial charge is 0.391 e. The van der Waals surface area contributed by atoms with Gasteiger partial charge in [-0.25, -0.2) is 0 Å². The van der Waals surface area contributed by atoms with Crippen LogP contribution < -0.4 is 5.32 Å². The molecule has 0 aromatic heterocycles. The van der Waals surface area contributed by atoms with Crippen molar-refractivity contribution in [2.75, 3.05) is 6.54 Å². The highest BCUT2D eigenvalue weighted by Gasteiger charge is 2.26. The molecule has 0 unspecified atom stereocenters. The molecule has 1 saturated heterocycles. The fourth-order valence-corrected chi connectivity index (χ4v) is 1.39. The maximum absolute atomic E-state index is 9.30. The van der Waals surface area contributed by atoms with Gasteiger partial charge in [0.1, 0.15) is 0 Å². The molecule has 9 heavy (non-hydrogen) atoms. The van der Waals surface area contributed by atoms with E-state index in [-0.39, 0.29) is 6.10 Å². The fraction of sp³-hybridized carbons (Fsp3) is 1.00. The summed E-state index contributed by atoms with van der Waals surface area (Å²) in [6.07, 6.45) is 0.813. The molecule has 1 aliphatic heterocycles. The van der Waals surface area contributed by atoms with E-state index in [0.717, 1.165) is 13.0 Å². The van der Waals surface area contributed by atoms with Crippen LogP contribution in [0.25, 0.3) is 0 Å². The number of nitrogens with one attached hydrogen (secondary N) is 1. The standard InChI is InChI=1S/C7H15NO/c1-5(2)7-6(9)3-4-8-7/h5-9H,3-4H2,1-2H3/t6-,7+/m0/s1. The number of hydrogen-bond donors (Lipinski definition) is 2. The van der Waals surface area contributed by atoms with E-state index in [1.165, 1.54) is 0 Å². The van der Waals surface area contributed by atoms with Crippen LogP contribution in [0.1, 0.15) is 20.3 Å². The highest BCUT2D eigenvalue weighted by atomic mass is 16.3. The van der Waals surface area contributed by atoms with E-state index in [2.05, 4.69) is 19.2 Å². The van der Waals surface area contributed by atoms with E-state index in [0.29, 0.717) is 12.0 Å². The number of hydrogen-bond acceptors (Lipinski definition) is 2. The third kappa shape index (κ3) is 1.43. The molecule has 1 rings (SSSR count). The van der Waals surface area contributed by atoms with E-state index >= 15 is 0 Å². The summed E-state index contributed by atoms with van der Waals surface area (Å²) >= 11 is 0. The summed E-state index contributed by atoms with van der Waals surface area (Å²) in [5.74, 6) is 0.558. The molecule has 54 valence electrons. The van der Waals surface area contributed by atoms with Gasteiger partial charge < -0.3 is 10.4 Å². The van der Waals surface area contributed by atoms with Crippen LogP contribution in [0.3, 0.4) is 0 Å². The first-order chi connectivity index (χ1) is 4.22. The number of aliphatic hydroxyl groups is 1. The van der Waals surface area contributed by atoms with Crippen LogP contribution in [0.5, 0.6) is 0 Å². The van der Waals surface area contributed by atoms with Gasteiger partial charge in [-0.3, -0.25) is 0 Å². The lowest BCUT2D eigenvalue weighted by Gasteiger charge is -2.17. The quantitative estimate of drug-likeness (QED) is 0.536. The summed E-state index contributed by atoms with van der Waals surface area (Å²) in [5, 5.41) is 12.6. The SMILES string of the molecule is CC(C)[C@H]1NCC[C@@H]1O. The predicted octanol–water partition coefficient (Wildman–Crippen LogP) is 0.365. The van der Waals surface area contributed by atoms with Crippen molar-refractivity contribution in [3.63, 3.8) is 0 Å². The molecule has 2 heteroatoms. The Hall–Kier alpha value is -0.0800. The highest BCUT2D eigenvalue weighted by molar-refractivity contribution is 4.84. The van der Waals surface area contributed by atoms with Crippen LogP contribution in [0.2, 0.25) is 0 Å². The van der Waals surface area contributed by atoms with Crippen molar-refractivity contribution in [1.29, 1.82) is 0 Å². The van der Waals surface area contributed by atoms with Crippen LogP contribution in [0, 0.1) is 5.92 Å². The Morgan fingerprint density at radius 1 is 1.56 bits per heavy atom. The Labute approximate surface area is 56.3 Å². The molecule has 0 aliphatic carbocycles. The summed E-state index contributed by atoms with van der Waals surface area (Å²) < 4.78 is 0. The Morgan fingerprint density at radius 2 is 2.22 bits per heavy atom. The first kappa shape index (κ1) is 7.03. The summed E-state index contributed by atoms with van der Waals surface area (Å²) in [6.45, 7) is 5.24. The van der Waals surface area contributed by atoms with Crippen LogP contribution in [0.15, 0.2) is 0 Å². The molecule has 2 atom stereocenters. The molecule has 1 heterocycles. The monoisotopic (exact) mass is 129 g/mol. The van der Waals surface area contributed by atoms with Gasteiger partial charge in [-0.15, -0.1) is 0 Å². The Balaban J connectivity index is 2.40. The average Bonchev–Trinajstić information content (AvgIpc) is 2.13. The average molecular weight is 129 g/mol. The van der Waals surface area contributed by atoms with E-state index in [9.17, 15) is 5.11 Å². The van der Waals surface area contributed by atoms with Crippen molar-refractivity contribution in [2.24, 2.45) is 5.92 Å². The zero-order valence-corrected chi connectivity index (χ0v) is 6.09. The molecule has 0 radical (unpaired) electrons. The normalized spacial score (nSPS) is 36.0. The maximum Gasteiger partial charge on any atom is 0.0707 e. The van der Waals surface area contributed by atoms with Gasteiger partial charge in [0.15, 0.2) is 0 Å². The van der Waals surface area contributed by atoms with Crippen LogP contribution in [0.4, 0.5) is 0 Å². The molecule has 0 amide bonds. The van der Waals surface area contributed by atoms with Gasteiger partial charge in [0.2, 0.25) is 0 Å². The van der Waals surface area contributed by atoms with E-state index in [4.69, 9.17) is 0 Å². The summed E-state index contributed by atoms with van der Waals surface area (Å²) in [4.78, 5) is 0. The first-order valence-corrected chi connectivity index (χ1v) is 3.63. The zero-order valence-electron chi connectivity index (χ0n) is 6.09. The van der Waals surface area contributed by atoms with Gasteiger partial charge >= 0.3 is 0 Å². The smallest absolute Gasteiger partial charge is 0.0707 e. The van der Waals surface area contributed by atoms with Gasteiger partial charge in [-0.05, 0) is 18.9 Å². The van der Waals surface area contributed by atoms with Crippen LogP contribution >= 0.6 is 0 Å². The third-order valence-corrected chi connectivity index (χ3v) is 1.95. The van der Waals surface area contributed by atoms with E-state index < -0.39 is 0 Å². The van der Waals surface area contributed by atoms with Gasteiger partial charge in [0, 0.05) is 6.04 Å². The van der Waals surface area contributed by atoms with E-state index in [1.54, 1.807) is 0 Å². The third-order valence-electron chi connectivity index (χ3n) is 1.95. The lowest BCUT2D eigenvalue weighted by Crippen LogP contribution is -2.35. The molecular formula is C7H15NO. The van der Waals surface area contributed by atoms with E-state index in [1.807, 2.05) is 0 Å². The Kier molecular flexibility index (Phi) is 2.09. The van der Waals surface area contributed by atoms with Crippen molar-refractivity contribution in [1.82, 2.24) is 5.32 Å². The van der Waals surface area contributed by atoms with Gasteiger partial charge in [-0.2, -0.15) is 0 Å². The molecule has 0 aromatic carbocycles.